The molecule has 0 fully saturated rings. The van der Waals surface area contributed by atoms with Gasteiger partial charge in [0.1, 0.15) is 0 Å². The third-order valence-corrected chi connectivity index (χ3v) is 4.68. The Labute approximate surface area is 173 Å². The molecule has 10 heteroatoms. The number of fused-ring (bicyclic) bond motifs is 1. The van der Waals surface area contributed by atoms with E-state index in [4.69, 9.17) is 0 Å². The molecule has 2 amide bonds. The molecule has 31 heavy (non-hydrogen) atoms. The van der Waals surface area contributed by atoms with Gasteiger partial charge in [0.2, 0.25) is 0 Å². The third-order valence-electron chi connectivity index (χ3n) is 4.68. The molecule has 4 aromatic rings. The van der Waals surface area contributed by atoms with E-state index in [1.807, 2.05) is 7.05 Å². The van der Waals surface area contributed by atoms with E-state index < -0.39 is 29.3 Å². The van der Waals surface area contributed by atoms with Crippen LogP contribution in [0.2, 0.25) is 0 Å². The van der Waals surface area contributed by atoms with Crippen LogP contribution < -0.4 is 10.6 Å². The number of urea groups is 1. The van der Waals surface area contributed by atoms with Crippen molar-refractivity contribution in [2.45, 2.75) is 6.18 Å². The Hall–Kier alpha value is -3.95. The Bertz CT molecular complexity index is 1270. The fourth-order valence-corrected chi connectivity index (χ4v) is 3.15. The fraction of sp³-hybridized carbons (Fsp3) is 0.0952. The first-order chi connectivity index (χ1) is 14.7. The number of carbonyl (C=O) groups excluding carboxylic acids is 1. The van der Waals surface area contributed by atoms with Crippen LogP contribution in [-0.4, -0.2) is 20.8 Å². The number of aromatic nitrogens is 3. The van der Waals surface area contributed by atoms with Crippen LogP contribution in [0.25, 0.3) is 22.0 Å². The molecule has 0 saturated heterocycles. The number of halogens is 4. The van der Waals surface area contributed by atoms with E-state index in [0.29, 0.717) is 11.8 Å². The average Bonchev–Trinajstić information content (AvgIpc) is 3.10. The van der Waals surface area contributed by atoms with Gasteiger partial charge >= 0.3 is 12.2 Å². The number of pyridine rings is 1. The second-order valence-corrected chi connectivity index (χ2v) is 6.71. The van der Waals surface area contributed by atoms with Crippen LogP contribution in [0.1, 0.15) is 5.56 Å². The van der Waals surface area contributed by atoms with Crippen LogP contribution in [0.3, 0.4) is 0 Å². The predicted octanol–water partition coefficient (Wildman–Crippen LogP) is 5.44. The molecule has 2 heterocycles. The van der Waals surface area contributed by atoms with Gasteiger partial charge in [-0.2, -0.15) is 18.3 Å². The van der Waals surface area contributed by atoms with Gasteiger partial charge in [-0.05, 0) is 29.8 Å². The summed E-state index contributed by atoms with van der Waals surface area (Å²) in [7, 11) is 1.81. The quantitative estimate of drug-likeness (QED) is 0.426. The summed E-state index contributed by atoms with van der Waals surface area (Å²) in [6, 6.07) is 8.54. The Kier molecular flexibility index (Phi) is 5.05. The van der Waals surface area contributed by atoms with E-state index in [1.165, 1.54) is 0 Å². The highest BCUT2D eigenvalue weighted by Crippen LogP contribution is 2.34. The van der Waals surface area contributed by atoms with Gasteiger partial charge in [-0.1, -0.05) is 18.2 Å². The van der Waals surface area contributed by atoms with Gasteiger partial charge in [-0.15, -0.1) is 0 Å². The zero-order chi connectivity index (χ0) is 22.2. The summed E-state index contributed by atoms with van der Waals surface area (Å²) in [5.74, 6) is -1.54. The Balaban J connectivity index is 1.50. The van der Waals surface area contributed by atoms with E-state index in [0.717, 1.165) is 34.2 Å². The van der Waals surface area contributed by atoms with Crippen molar-refractivity contribution in [1.29, 1.82) is 0 Å². The fourth-order valence-electron chi connectivity index (χ4n) is 3.15. The van der Waals surface area contributed by atoms with Crippen molar-refractivity contribution in [3.63, 3.8) is 0 Å². The van der Waals surface area contributed by atoms with Crippen LogP contribution in [-0.2, 0) is 13.2 Å². The smallest absolute Gasteiger partial charge is 0.308 e. The number of carbonyl (C=O) groups is 1. The molecule has 0 spiro atoms. The summed E-state index contributed by atoms with van der Waals surface area (Å²) in [6.45, 7) is 0. The van der Waals surface area contributed by atoms with Crippen molar-refractivity contribution in [2.75, 3.05) is 10.6 Å². The zero-order valence-electron chi connectivity index (χ0n) is 16.0. The average molecular weight is 429 g/mol. The number of amides is 2. The SMILES string of the molecule is Cn1ncc2c(-c3ccc(NC(=O)Nc4cccc(C(F)(F)F)c4F)cc3)cncc21. The standard InChI is InChI=1S/C21H15F4N5O/c1-30-18-11-26-9-14(15(18)10-27-30)12-5-7-13(8-6-12)28-20(31)29-17-4-2-3-16(19(17)22)21(23,24)25/h2-11H,1H3,(H2,28,29,31). The van der Waals surface area contributed by atoms with Crippen molar-refractivity contribution in [2.24, 2.45) is 7.05 Å². The molecule has 0 atom stereocenters. The summed E-state index contributed by atoms with van der Waals surface area (Å²) >= 11 is 0. The molecule has 0 radical (unpaired) electrons. The lowest BCUT2D eigenvalue weighted by Crippen LogP contribution is -2.21. The summed E-state index contributed by atoms with van der Waals surface area (Å²) in [5, 5.41) is 9.69. The Morgan fingerprint density at radius 2 is 1.74 bits per heavy atom. The van der Waals surface area contributed by atoms with Gasteiger partial charge in [-0.3, -0.25) is 9.67 Å². The first-order valence-electron chi connectivity index (χ1n) is 9.04. The summed E-state index contributed by atoms with van der Waals surface area (Å²) < 4.78 is 54.2. The minimum absolute atomic E-state index is 0.375. The number of nitrogens with zero attached hydrogens (tertiary/aromatic N) is 3. The number of anilines is 2. The van der Waals surface area contributed by atoms with Crippen molar-refractivity contribution in [1.82, 2.24) is 14.8 Å². The minimum Gasteiger partial charge on any atom is -0.308 e. The largest absolute Gasteiger partial charge is 0.419 e. The van der Waals surface area contributed by atoms with Gasteiger partial charge < -0.3 is 10.6 Å². The van der Waals surface area contributed by atoms with Crippen molar-refractivity contribution in [3.05, 3.63) is 72.4 Å². The molecule has 158 valence electrons. The van der Waals surface area contributed by atoms with Crippen LogP contribution >= 0.6 is 0 Å². The molecule has 2 aromatic heterocycles. The number of benzene rings is 2. The molecule has 4 rings (SSSR count). The second-order valence-electron chi connectivity index (χ2n) is 6.71. The molecule has 0 unspecified atom stereocenters. The molecule has 2 N–H and O–H groups in total. The maximum Gasteiger partial charge on any atom is 0.419 e. The van der Waals surface area contributed by atoms with Crippen LogP contribution in [0, 0.1) is 5.82 Å². The summed E-state index contributed by atoms with van der Waals surface area (Å²) in [6.07, 6.45) is 0.282. The lowest BCUT2D eigenvalue weighted by molar-refractivity contribution is -0.139. The highest BCUT2D eigenvalue weighted by Gasteiger charge is 2.35. The Morgan fingerprint density at radius 3 is 2.45 bits per heavy atom. The second kappa shape index (κ2) is 7.71. The highest BCUT2D eigenvalue weighted by atomic mass is 19.4. The van der Waals surface area contributed by atoms with E-state index in [2.05, 4.69) is 20.7 Å². The first kappa shape index (κ1) is 20.3. The Morgan fingerprint density at radius 1 is 1.00 bits per heavy atom. The number of hydrogen-bond donors (Lipinski definition) is 2. The van der Waals surface area contributed by atoms with E-state index in [1.54, 1.807) is 47.5 Å². The van der Waals surface area contributed by atoms with Crippen LogP contribution in [0.4, 0.5) is 33.7 Å². The van der Waals surface area contributed by atoms with Gasteiger partial charge in [0.25, 0.3) is 0 Å². The number of alkyl halides is 3. The minimum atomic E-state index is -4.86. The number of aryl methyl sites for hydroxylation is 1. The maximum absolute atomic E-state index is 14.1. The number of nitrogens with one attached hydrogen (secondary N) is 2. The monoisotopic (exact) mass is 429 g/mol. The molecule has 2 aromatic carbocycles. The molecular formula is C21H15F4N5O. The topological polar surface area (TPSA) is 71.8 Å². The summed E-state index contributed by atoms with van der Waals surface area (Å²) in [5.41, 5.74) is 0.905. The van der Waals surface area contributed by atoms with Gasteiger partial charge in [0, 0.05) is 29.9 Å². The normalized spacial score (nSPS) is 11.5. The van der Waals surface area contributed by atoms with Gasteiger partial charge in [0.05, 0.1) is 29.2 Å². The third kappa shape index (κ3) is 4.04. The predicted molar refractivity (Wildman–Crippen MR) is 108 cm³/mol. The van der Waals surface area contributed by atoms with Crippen LogP contribution in [0.15, 0.2) is 61.1 Å². The first-order valence-corrected chi connectivity index (χ1v) is 9.04. The van der Waals surface area contributed by atoms with Crippen molar-refractivity contribution >= 4 is 28.3 Å². The lowest BCUT2D eigenvalue weighted by atomic mass is 10.0. The van der Waals surface area contributed by atoms with E-state index in [9.17, 15) is 22.4 Å². The number of hydrogen-bond acceptors (Lipinski definition) is 3. The highest BCUT2D eigenvalue weighted by molar-refractivity contribution is 6.00. The van der Waals surface area contributed by atoms with Crippen molar-refractivity contribution < 1.29 is 22.4 Å². The lowest BCUT2D eigenvalue weighted by Gasteiger charge is -2.13. The summed E-state index contributed by atoms with van der Waals surface area (Å²) in [4.78, 5) is 16.4. The van der Waals surface area contributed by atoms with Crippen LogP contribution in [0.5, 0.6) is 0 Å². The van der Waals surface area contributed by atoms with Gasteiger partial charge in [0.15, 0.2) is 5.82 Å². The maximum atomic E-state index is 14.1. The molecule has 0 bridgehead atoms. The van der Waals surface area contributed by atoms with E-state index >= 15 is 0 Å². The van der Waals surface area contributed by atoms with Crippen molar-refractivity contribution in [3.8, 4) is 11.1 Å². The molecule has 0 aliphatic rings. The van der Waals surface area contributed by atoms with Gasteiger partial charge in [-0.25, -0.2) is 9.18 Å². The molecule has 0 aliphatic heterocycles. The molecule has 6 nitrogen and oxygen atoms in total. The number of rotatable bonds is 3. The molecule has 0 aliphatic carbocycles. The van der Waals surface area contributed by atoms with E-state index in [-0.39, 0.29) is 0 Å². The zero-order valence-corrected chi connectivity index (χ0v) is 16.0. The molecule has 0 saturated carbocycles. The molecular weight excluding hydrogens is 414 g/mol.